The number of carboxylic acids is 1. The van der Waals surface area contributed by atoms with E-state index in [1.807, 2.05) is 0 Å². The number of rotatable bonds is 3. The molecule has 0 spiro atoms. The summed E-state index contributed by atoms with van der Waals surface area (Å²) in [4.78, 5) is 31.6. The molecule has 8 heteroatoms. The van der Waals surface area contributed by atoms with E-state index in [1.54, 1.807) is 6.92 Å². The molecule has 0 aliphatic rings. The molecule has 7 nitrogen and oxygen atoms in total. The Morgan fingerprint density at radius 1 is 1.43 bits per heavy atom. The fourth-order valence-electron chi connectivity index (χ4n) is 0.389. The molecule has 0 aliphatic carbocycles. The summed E-state index contributed by atoms with van der Waals surface area (Å²) >= 11 is 0. The minimum atomic E-state index is -4.64. The summed E-state index contributed by atoms with van der Waals surface area (Å²) in [6, 6.07) is 0. The molecule has 1 unspecified atom stereocenters. The second-order valence-electron chi connectivity index (χ2n) is 2.27. The second kappa shape index (κ2) is 6.69. The first kappa shape index (κ1) is 15.7. The normalized spacial score (nSPS) is 12.4. The monoisotopic (exact) mass is 228 g/mol. The number of hydrogen-bond donors (Lipinski definition) is 5. The predicted octanol–water partition coefficient (Wildman–Crippen LogP) is -0.530. The maximum atomic E-state index is 10.0. The number of aliphatic carboxylic acids is 1. The molecule has 0 saturated carbocycles. The minimum absolute atomic E-state index is 0.141. The highest BCUT2D eigenvalue weighted by molar-refractivity contribution is 7.45. The molecule has 0 radical (unpaired) electrons. The van der Waals surface area contributed by atoms with Gasteiger partial charge in [0.1, 0.15) is 0 Å². The minimum Gasteiger partial charge on any atom is -0.478 e. The summed E-state index contributed by atoms with van der Waals surface area (Å²) in [6.07, 6.45) is -0.506. The van der Waals surface area contributed by atoms with Gasteiger partial charge in [-0.15, -0.1) is 0 Å². The Bertz CT molecular complexity index is 234. The lowest BCUT2D eigenvalue weighted by molar-refractivity contribution is -0.133. The van der Waals surface area contributed by atoms with Gasteiger partial charge in [-0.25, -0.2) is 9.36 Å². The van der Waals surface area contributed by atoms with Gasteiger partial charge >= 0.3 is 13.8 Å². The highest BCUT2D eigenvalue weighted by Crippen LogP contribution is 2.25. The van der Waals surface area contributed by atoms with Crippen molar-refractivity contribution in [2.75, 3.05) is 0 Å². The van der Waals surface area contributed by atoms with Crippen molar-refractivity contribution in [3.8, 4) is 0 Å². The van der Waals surface area contributed by atoms with Crippen molar-refractivity contribution in [1.82, 2.24) is 0 Å². The molecule has 84 valence electrons. The number of aliphatic hydroxyl groups excluding tert-OH is 1. The Morgan fingerprint density at radius 3 is 1.79 bits per heavy atom. The zero-order chi connectivity index (χ0) is 11.9. The van der Waals surface area contributed by atoms with Crippen LogP contribution >= 0.6 is 7.82 Å². The van der Waals surface area contributed by atoms with Crippen LogP contribution in [0.3, 0.4) is 0 Å². The molecule has 14 heavy (non-hydrogen) atoms. The summed E-state index contributed by atoms with van der Waals surface area (Å²) in [5, 5.41) is 17.0. The van der Waals surface area contributed by atoms with E-state index in [-0.39, 0.29) is 5.57 Å². The highest BCUT2D eigenvalue weighted by atomic mass is 31.2. The maximum absolute atomic E-state index is 10.0. The van der Waals surface area contributed by atoms with Crippen LogP contribution in [0, 0.1) is 0 Å². The van der Waals surface area contributed by atoms with Crippen LogP contribution in [-0.2, 0) is 9.36 Å². The van der Waals surface area contributed by atoms with Gasteiger partial charge < -0.3 is 24.9 Å². The third-order valence-electron chi connectivity index (χ3n) is 1.06. The van der Waals surface area contributed by atoms with Crippen molar-refractivity contribution >= 4 is 13.8 Å². The molecule has 1 atom stereocenters. The lowest BCUT2D eigenvalue weighted by Crippen LogP contribution is -2.15. The standard InChI is InChI=1S/C6H10O3.H3O4P/c1-3-5(7)4(2)6(8)9;1-5(2,3)4/h5,7H,2-3H2,1H3,(H,8,9);(H3,1,2,3,4). The number of phosphoric acid groups is 1. The van der Waals surface area contributed by atoms with Crippen molar-refractivity contribution in [1.29, 1.82) is 0 Å². The smallest absolute Gasteiger partial charge is 0.466 e. The molecule has 0 heterocycles. The van der Waals surface area contributed by atoms with Crippen LogP contribution in [0.4, 0.5) is 0 Å². The molecule has 0 bridgehead atoms. The van der Waals surface area contributed by atoms with Gasteiger partial charge in [0.2, 0.25) is 0 Å². The summed E-state index contributed by atoms with van der Waals surface area (Å²) in [5.41, 5.74) is -0.141. The highest BCUT2D eigenvalue weighted by Gasteiger charge is 2.11. The largest absolute Gasteiger partial charge is 0.478 e. The fraction of sp³-hybridized carbons (Fsp3) is 0.500. The van der Waals surface area contributed by atoms with Gasteiger partial charge in [-0.2, -0.15) is 0 Å². The van der Waals surface area contributed by atoms with Gasteiger partial charge in [-0.3, -0.25) is 0 Å². The van der Waals surface area contributed by atoms with Crippen LogP contribution in [-0.4, -0.2) is 37.0 Å². The molecule has 0 aromatic carbocycles. The van der Waals surface area contributed by atoms with E-state index < -0.39 is 19.9 Å². The predicted molar refractivity (Wildman–Crippen MR) is 47.3 cm³/mol. The quantitative estimate of drug-likeness (QED) is 0.323. The van der Waals surface area contributed by atoms with Gasteiger partial charge in [0.15, 0.2) is 0 Å². The van der Waals surface area contributed by atoms with Crippen LogP contribution in [0.1, 0.15) is 13.3 Å². The third kappa shape index (κ3) is 13.8. The van der Waals surface area contributed by atoms with E-state index in [1.165, 1.54) is 0 Å². The molecule has 0 aromatic rings. The van der Waals surface area contributed by atoms with E-state index in [0.29, 0.717) is 6.42 Å². The van der Waals surface area contributed by atoms with Crippen LogP contribution in [0.5, 0.6) is 0 Å². The van der Waals surface area contributed by atoms with Crippen molar-refractivity contribution < 1.29 is 34.3 Å². The number of aliphatic hydroxyl groups is 1. The van der Waals surface area contributed by atoms with Gasteiger partial charge in [0, 0.05) is 0 Å². The van der Waals surface area contributed by atoms with Gasteiger partial charge in [0.05, 0.1) is 11.7 Å². The van der Waals surface area contributed by atoms with Crippen molar-refractivity contribution in [2.24, 2.45) is 0 Å². The van der Waals surface area contributed by atoms with Crippen molar-refractivity contribution in [2.45, 2.75) is 19.4 Å². The number of carboxylic acid groups (broad SMARTS) is 1. The van der Waals surface area contributed by atoms with Crippen LogP contribution in [0.2, 0.25) is 0 Å². The van der Waals surface area contributed by atoms with E-state index in [0.717, 1.165) is 0 Å². The Kier molecular flexibility index (Phi) is 7.52. The summed E-state index contributed by atoms with van der Waals surface area (Å²) in [6.45, 7) is 4.87. The van der Waals surface area contributed by atoms with Gasteiger partial charge in [0.25, 0.3) is 0 Å². The zero-order valence-electron chi connectivity index (χ0n) is 7.49. The van der Waals surface area contributed by atoms with E-state index in [2.05, 4.69) is 6.58 Å². The zero-order valence-corrected chi connectivity index (χ0v) is 8.39. The Morgan fingerprint density at radius 2 is 1.71 bits per heavy atom. The second-order valence-corrected chi connectivity index (χ2v) is 3.29. The lowest BCUT2D eigenvalue weighted by atomic mass is 10.1. The topological polar surface area (TPSA) is 135 Å². The van der Waals surface area contributed by atoms with Crippen molar-refractivity contribution in [3.05, 3.63) is 12.2 Å². The molecule has 0 amide bonds. The Balaban J connectivity index is 0. The summed E-state index contributed by atoms with van der Waals surface area (Å²) in [7, 11) is -4.64. The van der Waals surface area contributed by atoms with E-state index in [4.69, 9.17) is 29.5 Å². The molecular formula is C6H13O7P. The SMILES string of the molecule is C=C(C(=O)O)C(O)CC.O=P(O)(O)O. The molecule has 0 aliphatic heterocycles. The molecule has 0 saturated heterocycles. The van der Waals surface area contributed by atoms with Crippen molar-refractivity contribution in [3.63, 3.8) is 0 Å². The lowest BCUT2D eigenvalue weighted by Gasteiger charge is -2.04. The van der Waals surface area contributed by atoms with E-state index >= 15 is 0 Å². The summed E-state index contributed by atoms with van der Waals surface area (Å²) < 4.78 is 8.88. The number of hydrogen-bond acceptors (Lipinski definition) is 3. The maximum Gasteiger partial charge on any atom is 0.466 e. The molecular weight excluding hydrogens is 215 g/mol. The first-order valence-electron chi connectivity index (χ1n) is 3.48. The Hall–Kier alpha value is -0.720. The van der Waals surface area contributed by atoms with Crippen LogP contribution < -0.4 is 0 Å². The average molecular weight is 228 g/mol. The van der Waals surface area contributed by atoms with Gasteiger partial charge in [-0.1, -0.05) is 13.5 Å². The molecule has 0 aromatic heterocycles. The molecule has 0 rings (SSSR count). The fourth-order valence-corrected chi connectivity index (χ4v) is 0.389. The first-order valence-corrected chi connectivity index (χ1v) is 5.04. The van der Waals surface area contributed by atoms with E-state index in [9.17, 15) is 4.79 Å². The van der Waals surface area contributed by atoms with Crippen LogP contribution in [0.25, 0.3) is 0 Å². The van der Waals surface area contributed by atoms with Crippen LogP contribution in [0.15, 0.2) is 12.2 Å². The van der Waals surface area contributed by atoms with Gasteiger partial charge in [-0.05, 0) is 6.42 Å². The Labute approximate surface area is 80.6 Å². The third-order valence-corrected chi connectivity index (χ3v) is 1.06. The first-order chi connectivity index (χ1) is 6.09. The molecule has 5 N–H and O–H groups in total. The summed E-state index contributed by atoms with van der Waals surface area (Å²) in [5.74, 6) is -1.13. The average Bonchev–Trinajstić information content (AvgIpc) is 1.98. The number of carbonyl (C=O) groups is 1. The molecule has 0 fully saturated rings.